The summed E-state index contributed by atoms with van der Waals surface area (Å²) in [6, 6.07) is 8.46. The van der Waals surface area contributed by atoms with Gasteiger partial charge in [0, 0.05) is 13.1 Å². The van der Waals surface area contributed by atoms with E-state index >= 15 is 0 Å². The Balaban J connectivity index is 0.00000200. The predicted molar refractivity (Wildman–Crippen MR) is 85.1 cm³/mol. The quantitative estimate of drug-likeness (QED) is 0.877. The summed E-state index contributed by atoms with van der Waals surface area (Å²) >= 11 is 0. The molecule has 2 N–H and O–H groups in total. The number of hydrogen-bond acceptors (Lipinski definition) is 2. The monoisotopic (exact) mass is 296 g/mol. The molecule has 1 aromatic rings. The zero-order valence-corrected chi connectivity index (χ0v) is 13.3. The average molecular weight is 297 g/mol. The first-order valence-electron chi connectivity index (χ1n) is 7.14. The second-order valence-electron chi connectivity index (χ2n) is 5.90. The molecule has 4 heteroatoms. The second-order valence-corrected chi connectivity index (χ2v) is 5.90. The second kappa shape index (κ2) is 7.65. The van der Waals surface area contributed by atoms with Gasteiger partial charge in [0.05, 0.1) is 12.0 Å². The number of amides is 1. The minimum absolute atomic E-state index is 0. The van der Waals surface area contributed by atoms with Gasteiger partial charge in [0.15, 0.2) is 0 Å². The lowest BCUT2D eigenvalue weighted by molar-refractivity contribution is -0.127. The van der Waals surface area contributed by atoms with E-state index in [0.717, 1.165) is 19.5 Å². The molecule has 0 saturated carbocycles. The van der Waals surface area contributed by atoms with Crippen LogP contribution in [0.1, 0.15) is 37.4 Å². The van der Waals surface area contributed by atoms with Crippen molar-refractivity contribution >= 4 is 18.3 Å². The molecule has 0 radical (unpaired) electrons. The molecule has 1 unspecified atom stereocenters. The molecular weight excluding hydrogens is 272 g/mol. The number of benzene rings is 1. The largest absolute Gasteiger partial charge is 0.349 e. The van der Waals surface area contributed by atoms with E-state index in [1.165, 1.54) is 11.1 Å². The molecule has 20 heavy (non-hydrogen) atoms. The summed E-state index contributed by atoms with van der Waals surface area (Å²) in [6.45, 7) is 8.13. The highest BCUT2D eigenvalue weighted by molar-refractivity contribution is 5.85. The van der Waals surface area contributed by atoms with Crippen molar-refractivity contribution in [1.82, 2.24) is 10.6 Å². The van der Waals surface area contributed by atoms with E-state index in [1.54, 1.807) is 0 Å². The molecule has 1 atom stereocenters. The van der Waals surface area contributed by atoms with Crippen LogP contribution in [0.15, 0.2) is 24.3 Å². The summed E-state index contributed by atoms with van der Waals surface area (Å²) in [5.41, 5.74) is 2.50. The van der Waals surface area contributed by atoms with Crippen LogP contribution >= 0.6 is 12.4 Å². The maximum atomic E-state index is 12.2. The summed E-state index contributed by atoms with van der Waals surface area (Å²) in [5, 5.41) is 6.37. The zero-order valence-electron chi connectivity index (χ0n) is 12.5. The highest BCUT2D eigenvalue weighted by Gasteiger charge is 2.27. The molecule has 1 amide bonds. The van der Waals surface area contributed by atoms with E-state index in [1.807, 2.05) is 12.1 Å². The van der Waals surface area contributed by atoms with Gasteiger partial charge in [0.25, 0.3) is 0 Å². The highest BCUT2D eigenvalue weighted by Crippen LogP contribution is 2.24. The van der Waals surface area contributed by atoms with E-state index < -0.39 is 0 Å². The third-order valence-electron chi connectivity index (χ3n) is 3.74. The van der Waals surface area contributed by atoms with Crippen LogP contribution in [0.25, 0.3) is 0 Å². The van der Waals surface area contributed by atoms with Crippen molar-refractivity contribution in [1.29, 1.82) is 0 Å². The van der Waals surface area contributed by atoms with Crippen LogP contribution in [-0.4, -0.2) is 19.0 Å². The number of carbonyl (C=O) groups is 1. The summed E-state index contributed by atoms with van der Waals surface area (Å²) in [5.74, 6) is 0.899. The molecule has 0 bridgehead atoms. The molecule has 3 nitrogen and oxygen atoms in total. The maximum Gasteiger partial charge on any atom is 0.226 e. The van der Waals surface area contributed by atoms with Crippen molar-refractivity contribution in [2.45, 2.75) is 33.2 Å². The highest BCUT2D eigenvalue weighted by atomic mass is 35.5. The number of hydrogen-bond donors (Lipinski definition) is 2. The van der Waals surface area contributed by atoms with Crippen molar-refractivity contribution in [2.24, 2.45) is 11.8 Å². The van der Waals surface area contributed by atoms with Gasteiger partial charge in [0.2, 0.25) is 5.91 Å². The SMILES string of the molecule is Cc1ccccc1C(CC(C)C)NC(=O)C1CNC1.Cl. The van der Waals surface area contributed by atoms with Crippen LogP contribution in [0.5, 0.6) is 0 Å². The first kappa shape index (κ1) is 17.0. The Morgan fingerprint density at radius 2 is 2.00 bits per heavy atom. The number of rotatable bonds is 5. The Labute approximate surface area is 127 Å². The van der Waals surface area contributed by atoms with Gasteiger partial charge in [-0.05, 0) is 30.4 Å². The number of aryl methyl sites for hydroxylation is 1. The summed E-state index contributed by atoms with van der Waals surface area (Å²) in [7, 11) is 0. The van der Waals surface area contributed by atoms with Gasteiger partial charge in [-0.15, -0.1) is 12.4 Å². The van der Waals surface area contributed by atoms with Gasteiger partial charge in [-0.3, -0.25) is 4.79 Å². The molecule has 112 valence electrons. The van der Waals surface area contributed by atoms with Gasteiger partial charge in [-0.25, -0.2) is 0 Å². The molecule has 1 heterocycles. The molecular formula is C16H25ClN2O. The van der Waals surface area contributed by atoms with Gasteiger partial charge in [-0.1, -0.05) is 38.1 Å². The Kier molecular flexibility index (Phi) is 6.50. The lowest BCUT2D eigenvalue weighted by atomic mass is 9.92. The summed E-state index contributed by atoms with van der Waals surface area (Å²) in [6.07, 6.45) is 0.983. The molecule has 0 aliphatic carbocycles. The fraction of sp³-hybridized carbons (Fsp3) is 0.562. The van der Waals surface area contributed by atoms with Crippen molar-refractivity contribution < 1.29 is 4.79 Å². The topological polar surface area (TPSA) is 41.1 Å². The smallest absolute Gasteiger partial charge is 0.226 e. The fourth-order valence-corrected chi connectivity index (χ4v) is 2.48. The van der Waals surface area contributed by atoms with Crippen LogP contribution in [0, 0.1) is 18.8 Å². The Bertz CT molecular complexity index is 444. The molecule has 1 aromatic carbocycles. The van der Waals surface area contributed by atoms with E-state index in [-0.39, 0.29) is 30.3 Å². The minimum atomic E-state index is 0. The summed E-state index contributed by atoms with van der Waals surface area (Å²) in [4.78, 5) is 12.2. The first-order chi connectivity index (χ1) is 9.08. The van der Waals surface area contributed by atoms with E-state index in [4.69, 9.17) is 0 Å². The Morgan fingerprint density at radius 1 is 1.35 bits per heavy atom. The molecule has 1 aliphatic heterocycles. The van der Waals surface area contributed by atoms with E-state index in [2.05, 4.69) is 43.5 Å². The molecule has 1 saturated heterocycles. The number of carbonyl (C=O) groups excluding carboxylic acids is 1. The van der Waals surface area contributed by atoms with Crippen molar-refractivity contribution in [3.8, 4) is 0 Å². The maximum absolute atomic E-state index is 12.2. The molecule has 2 rings (SSSR count). The van der Waals surface area contributed by atoms with Gasteiger partial charge in [0.1, 0.15) is 0 Å². The normalized spacial score (nSPS) is 16.2. The number of nitrogens with one attached hydrogen (secondary N) is 2. The van der Waals surface area contributed by atoms with Gasteiger partial charge >= 0.3 is 0 Å². The van der Waals surface area contributed by atoms with E-state index in [0.29, 0.717) is 5.92 Å². The molecule has 0 aromatic heterocycles. The minimum Gasteiger partial charge on any atom is -0.349 e. The van der Waals surface area contributed by atoms with Crippen LogP contribution in [-0.2, 0) is 4.79 Å². The molecule has 0 spiro atoms. The van der Waals surface area contributed by atoms with Crippen LogP contribution in [0.4, 0.5) is 0 Å². The molecule has 1 aliphatic rings. The third-order valence-corrected chi connectivity index (χ3v) is 3.74. The lowest BCUT2D eigenvalue weighted by Gasteiger charge is -2.30. The van der Waals surface area contributed by atoms with Gasteiger partial charge < -0.3 is 10.6 Å². The first-order valence-corrected chi connectivity index (χ1v) is 7.14. The fourth-order valence-electron chi connectivity index (χ4n) is 2.48. The Hall–Kier alpha value is -1.06. The lowest BCUT2D eigenvalue weighted by Crippen LogP contribution is -2.51. The number of halogens is 1. The van der Waals surface area contributed by atoms with Crippen molar-refractivity contribution in [3.05, 3.63) is 35.4 Å². The standard InChI is InChI=1S/C16H24N2O.ClH/c1-11(2)8-15(14-7-5-4-6-12(14)3)18-16(19)13-9-17-10-13;/h4-7,11,13,15,17H,8-10H2,1-3H3,(H,18,19);1H. The van der Waals surface area contributed by atoms with Crippen molar-refractivity contribution in [2.75, 3.05) is 13.1 Å². The van der Waals surface area contributed by atoms with E-state index in [9.17, 15) is 4.79 Å². The molecule has 1 fully saturated rings. The van der Waals surface area contributed by atoms with Crippen LogP contribution < -0.4 is 10.6 Å². The van der Waals surface area contributed by atoms with Gasteiger partial charge in [-0.2, -0.15) is 0 Å². The average Bonchev–Trinajstić information content (AvgIpc) is 2.25. The third kappa shape index (κ3) is 4.22. The van der Waals surface area contributed by atoms with Crippen molar-refractivity contribution in [3.63, 3.8) is 0 Å². The predicted octanol–water partition coefficient (Wildman–Crippen LogP) is 2.84. The zero-order chi connectivity index (χ0) is 13.8. The Morgan fingerprint density at radius 3 is 2.50 bits per heavy atom. The van der Waals surface area contributed by atoms with Crippen LogP contribution in [0.2, 0.25) is 0 Å². The van der Waals surface area contributed by atoms with Crippen LogP contribution in [0.3, 0.4) is 0 Å². The summed E-state index contributed by atoms with van der Waals surface area (Å²) < 4.78 is 0.